The first-order valence-corrected chi connectivity index (χ1v) is 6.32. The Kier molecular flexibility index (Phi) is 2.72. The normalized spacial score (nSPS) is 11.3. The van der Waals surface area contributed by atoms with Crippen LogP contribution in [-0.2, 0) is 0 Å². The van der Waals surface area contributed by atoms with Crippen LogP contribution in [0.2, 0.25) is 0 Å². The Morgan fingerprint density at radius 1 is 0.824 bits per heavy atom. The fourth-order valence-electron chi connectivity index (χ4n) is 1.69. The number of nitrogens with zero attached hydrogens (tertiary/aromatic N) is 1. The van der Waals surface area contributed by atoms with E-state index in [1.54, 1.807) is 11.3 Å². The fourth-order valence-corrected chi connectivity index (χ4v) is 2.56. The van der Waals surface area contributed by atoms with Gasteiger partial charge in [-0.05, 0) is 23.8 Å². The molecule has 17 heavy (non-hydrogen) atoms. The largest absolute Gasteiger partial charge is 0.237 e. The van der Waals surface area contributed by atoms with Gasteiger partial charge in [0.2, 0.25) is 0 Å². The predicted octanol–water partition coefficient (Wildman–Crippen LogP) is 4.47. The van der Waals surface area contributed by atoms with Crippen molar-refractivity contribution in [2.45, 2.75) is 0 Å². The molecule has 1 aromatic heterocycles. The number of benzene rings is 2. The van der Waals surface area contributed by atoms with Crippen LogP contribution in [0.15, 0.2) is 54.6 Å². The van der Waals surface area contributed by atoms with Crippen molar-refractivity contribution in [2.24, 2.45) is 0 Å². The average molecular weight is 237 g/mol. The summed E-state index contributed by atoms with van der Waals surface area (Å²) in [6, 6.07) is 18.5. The van der Waals surface area contributed by atoms with Crippen molar-refractivity contribution in [1.82, 2.24) is 4.98 Å². The molecule has 0 aliphatic heterocycles. The van der Waals surface area contributed by atoms with E-state index in [4.69, 9.17) is 0 Å². The zero-order valence-electron chi connectivity index (χ0n) is 9.21. The molecule has 0 saturated heterocycles. The van der Waals surface area contributed by atoms with Gasteiger partial charge in [-0.2, -0.15) is 0 Å². The Hall–Kier alpha value is -1.93. The molecule has 0 aliphatic rings. The van der Waals surface area contributed by atoms with Crippen molar-refractivity contribution in [3.05, 3.63) is 65.2 Å². The molecule has 0 saturated carbocycles. The minimum atomic E-state index is 1.05. The van der Waals surface area contributed by atoms with Crippen LogP contribution in [0.5, 0.6) is 0 Å². The topological polar surface area (TPSA) is 12.9 Å². The van der Waals surface area contributed by atoms with E-state index in [1.807, 2.05) is 36.4 Å². The lowest BCUT2D eigenvalue weighted by Crippen LogP contribution is -1.70. The fraction of sp³-hybridized carbons (Fsp3) is 0. The Labute approximate surface area is 104 Å². The van der Waals surface area contributed by atoms with Gasteiger partial charge in [-0.1, -0.05) is 48.5 Å². The van der Waals surface area contributed by atoms with E-state index in [1.165, 1.54) is 10.3 Å². The molecule has 3 rings (SSSR count). The summed E-state index contributed by atoms with van der Waals surface area (Å²) in [5, 5.41) is 1.05. The number of thiazole rings is 1. The van der Waals surface area contributed by atoms with Crippen LogP contribution in [0.4, 0.5) is 0 Å². The Morgan fingerprint density at radius 3 is 2.41 bits per heavy atom. The van der Waals surface area contributed by atoms with E-state index in [0.29, 0.717) is 0 Å². The highest BCUT2D eigenvalue weighted by Gasteiger charge is 1.98. The number of rotatable bonds is 2. The second-order valence-electron chi connectivity index (χ2n) is 3.76. The lowest BCUT2D eigenvalue weighted by molar-refractivity contribution is 1.46. The highest BCUT2D eigenvalue weighted by molar-refractivity contribution is 7.19. The molecule has 1 heterocycles. The molecule has 0 radical (unpaired) electrons. The van der Waals surface area contributed by atoms with Gasteiger partial charge in [0.15, 0.2) is 0 Å². The number of hydrogen-bond donors (Lipinski definition) is 0. The lowest BCUT2D eigenvalue weighted by atomic mass is 10.2. The molecule has 2 aromatic carbocycles. The maximum Gasteiger partial charge on any atom is 0.117 e. The smallest absolute Gasteiger partial charge is 0.117 e. The SMILES string of the molecule is C(=C\c1nc2ccccc2s1)/c1ccccc1. The third-order valence-electron chi connectivity index (χ3n) is 2.53. The van der Waals surface area contributed by atoms with Crippen LogP contribution in [0.3, 0.4) is 0 Å². The lowest BCUT2D eigenvalue weighted by Gasteiger charge is -1.89. The molecule has 0 aliphatic carbocycles. The second-order valence-corrected chi connectivity index (χ2v) is 4.83. The van der Waals surface area contributed by atoms with E-state index < -0.39 is 0 Å². The highest BCUT2D eigenvalue weighted by Crippen LogP contribution is 2.22. The summed E-state index contributed by atoms with van der Waals surface area (Å²) < 4.78 is 1.24. The number of fused-ring (bicyclic) bond motifs is 1. The second kappa shape index (κ2) is 4.52. The Bertz CT molecular complexity index is 620. The minimum absolute atomic E-state index is 1.05. The molecule has 0 spiro atoms. The van der Waals surface area contributed by atoms with E-state index in [-0.39, 0.29) is 0 Å². The van der Waals surface area contributed by atoms with Crippen LogP contribution >= 0.6 is 11.3 Å². The van der Waals surface area contributed by atoms with Crippen LogP contribution in [0.25, 0.3) is 22.4 Å². The summed E-state index contributed by atoms with van der Waals surface area (Å²) in [6.45, 7) is 0. The third kappa shape index (κ3) is 2.27. The van der Waals surface area contributed by atoms with Gasteiger partial charge < -0.3 is 0 Å². The minimum Gasteiger partial charge on any atom is -0.237 e. The van der Waals surface area contributed by atoms with Crippen molar-refractivity contribution < 1.29 is 0 Å². The van der Waals surface area contributed by atoms with Crippen LogP contribution < -0.4 is 0 Å². The molecule has 0 N–H and O–H groups in total. The van der Waals surface area contributed by atoms with Crippen molar-refractivity contribution in [2.75, 3.05) is 0 Å². The van der Waals surface area contributed by atoms with Gasteiger partial charge in [0.1, 0.15) is 5.01 Å². The summed E-state index contributed by atoms with van der Waals surface area (Å²) in [6.07, 6.45) is 4.16. The molecule has 82 valence electrons. The molecule has 0 unspecified atom stereocenters. The summed E-state index contributed by atoms with van der Waals surface area (Å²) in [4.78, 5) is 4.56. The summed E-state index contributed by atoms with van der Waals surface area (Å²) in [5.41, 5.74) is 2.27. The van der Waals surface area contributed by atoms with Crippen LogP contribution in [0, 0.1) is 0 Å². The van der Waals surface area contributed by atoms with E-state index >= 15 is 0 Å². The van der Waals surface area contributed by atoms with Crippen molar-refractivity contribution in [1.29, 1.82) is 0 Å². The first-order valence-electron chi connectivity index (χ1n) is 5.50. The Morgan fingerprint density at radius 2 is 1.59 bits per heavy atom. The Balaban J connectivity index is 1.92. The molecule has 1 nitrogen and oxygen atoms in total. The molecule has 2 heteroatoms. The maximum absolute atomic E-state index is 4.56. The molecule has 3 aromatic rings. The van der Waals surface area contributed by atoms with Gasteiger partial charge in [0, 0.05) is 0 Å². The van der Waals surface area contributed by atoms with E-state index in [2.05, 4.69) is 35.3 Å². The van der Waals surface area contributed by atoms with Gasteiger partial charge in [0.05, 0.1) is 10.2 Å². The highest BCUT2D eigenvalue weighted by atomic mass is 32.1. The number of aromatic nitrogens is 1. The maximum atomic E-state index is 4.56. The monoisotopic (exact) mass is 237 g/mol. The summed E-state index contributed by atoms with van der Waals surface area (Å²) in [7, 11) is 0. The number of para-hydroxylation sites is 1. The van der Waals surface area contributed by atoms with Crippen molar-refractivity contribution in [3.63, 3.8) is 0 Å². The van der Waals surface area contributed by atoms with Crippen molar-refractivity contribution >= 4 is 33.7 Å². The van der Waals surface area contributed by atoms with Gasteiger partial charge >= 0.3 is 0 Å². The van der Waals surface area contributed by atoms with E-state index in [0.717, 1.165) is 10.5 Å². The van der Waals surface area contributed by atoms with E-state index in [9.17, 15) is 0 Å². The molecule has 0 atom stereocenters. The molecular weight excluding hydrogens is 226 g/mol. The first kappa shape index (κ1) is 10.2. The molecule has 0 fully saturated rings. The first-order chi connectivity index (χ1) is 8.42. The van der Waals surface area contributed by atoms with Crippen molar-refractivity contribution in [3.8, 4) is 0 Å². The molecule has 0 amide bonds. The quantitative estimate of drug-likeness (QED) is 0.641. The van der Waals surface area contributed by atoms with Gasteiger partial charge in [0.25, 0.3) is 0 Å². The van der Waals surface area contributed by atoms with Crippen LogP contribution in [-0.4, -0.2) is 4.98 Å². The standard InChI is InChI=1S/C15H11NS/c1-2-6-12(7-3-1)10-11-15-16-13-8-4-5-9-14(13)17-15/h1-11H/b11-10+. The predicted molar refractivity (Wildman–Crippen MR) is 75.0 cm³/mol. The third-order valence-corrected chi connectivity index (χ3v) is 3.53. The zero-order valence-corrected chi connectivity index (χ0v) is 10.0. The number of hydrogen-bond acceptors (Lipinski definition) is 2. The summed E-state index contributed by atoms with van der Waals surface area (Å²) in [5.74, 6) is 0. The van der Waals surface area contributed by atoms with Gasteiger partial charge in [-0.25, -0.2) is 4.98 Å². The molecular formula is C15H11NS. The summed E-state index contributed by atoms with van der Waals surface area (Å²) >= 11 is 1.72. The zero-order chi connectivity index (χ0) is 11.5. The van der Waals surface area contributed by atoms with Gasteiger partial charge in [-0.3, -0.25) is 0 Å². The van der Waals surface area contributed by atoms with Crippen LogP contribution in [0.1, 0.15) is 10.6 Å². The molecule has 0 bridgehead atoms. The average Bonchev–Trinajstić information content (AvgIpc) is 2.80. The van der Waals surface area contributed by atoms with Gasteiger partial charge in [-0.15, -0.1) is 11.3 Å².